The Hall–Kier alpha value is -1.55. The van der Waals surface area contributed by atoms with Crippen molar-refractivity contribution in [3.8, 4) is 5.75 Å². The van der Waals surface area contributed by atoms with Gasteiger partial charge in [0.1, 0.15) is 5.75 Å². The fourth-order valence-electron chi connectivity index (χ4n) is 2.40. The Balaban J connectivity index is 2.23. The van der Waals surface area contributed by atoms with Crippen molar-refractivity contribution in [1.29, 1.82) is 0 Å². The van der Waals surface area contributed by atoms with Crippen LogP contribution in [0.4, 0.5) is 5.69 Å². The monoisotopic (exact) mass is 249 g/mol. The lowest BCUT2D eigenvalue weighted by atomic mass is 10.1. The highest BCUT2D eigenvalue weighted by Gasteiger charge is 2.23. The number of carbonyl (C=O) groups excluding carboxylic acids is 1. The second kappa shape index (κ2) is 4.98. The quantitative estimate of drug-likeness (QED) is 0.816. The van der Waals surface area contributed by atoms with Gasteiger partial charge in [0.2, 0.25) is 0 Å². The van der Waals surface area contributed by atoms with Crippen molar-refractivity contribution in [2.45, 2.75) is 33.0 Å². The van der Waals surface area contributed by atoms with Crippen molar-refractivity contribution in [2.75, 3.05) is 18.0 Å². The minimum atomic E-state index is -0.122. The molecule has 1 N–H and O–H groups in total. The first-order valence-electron chi connectivity index (χ1n) is 6.21. The number of carbonyl (C=O) groups is 1. The lowest BCUT2D eigenvalue weighted by molar-refractivity contribution is -0.00523. The Morgan fingerprint density at radius 3 is 2.44 bits per heavy atom. The summed E-state index contributed by atoms with van der Waals surface area (Å²) >= 11 is 0. The number of benzene rings is 1. The molecule has 0 amide bonds. The van der Waals surface area contributed by atoms with E-state index in [0.29, 0.717) is 5.56 Å². The van der Waals surface area contributed by atoms with Gasteiger partial charge in [-0.1, -0.05) is 0 Å². The first-order chi connectivity index (χ1) is 8.47. The van der Waals surface area contributed by atoms with Crippen molar-refractivity contribution >= 4 is 11.5 Å². The molecule has 0 radical (unpaired) electrons. The molecule has 0 bridgehead atoms. The van der Waals surface area contributed by atoms with E-state index >= 15 is 0 Å². The number of Topliss-reactive ketones (excluding diaryl/α,β-unsaturated/α-hetero) is 1. The molecule has 0 aliphatic carbocycles. The van der Waals surface area contributed by atoms with E-state index in [-0.39, 0.29) is 23.7 Å². The fraction of sp³-hybridized carbons (Fsp3) is 0.500. The minimum Gasteiger partial charge on any atom is -0.507 e. The number of anilines is 1. The molecule has 0 saturated carbocycles. The summed E-state index contributed by atoms with van der Waals surface area (Å²) in [5.41, 5.74) is 1.30. The average Bonchev–Trinajstić information content (AvgIpc) is 2.26. The second-order valence-corrected chi connectivity index (χ2v) is 4.92. The van der Waals surface area contributed by atoms with E-state index in [1.807, 2.05) is 19.9 Å². The molecule has 0 spiro atoms. The smallest absolute Gasteiger partial charge is 0.163 e. The maximum atomic E-state index is 11.3. The van der Waals surface area contributed by atoms with E-state index in [2.05, 4.69) is 4.90 Å². The first kappa shape index (κ1) is 12.9. The molecule has 2 atom stereocenters. The van der Waals surface area contributed by atoms with E-state index in [1.54, 1.807) is 12.1 Å². The zero-order chi connectivity index (χ0) is 13.3. The van der Waals surface area contributed by atoms with E-state index in [4.69, 9.17) is 4.74 Å². The van der Waals surface area contributed by atoms with Crippen LogP contribution in [0.1, 0.15) is 31.1 Å². The molecule has 0 unspecified atom stereocenters. The maximum absolute atomic E-state index is 11.3. The number of phenols is 1. The van der Waals surface area contributed by atoms with Gasteiger partial charge in [0.25, 0.3) is 0 Å². The molecule has 1 aromatic carbocycles. The lowest BCUT2D eigenvalue weighted by Gasteiger charge is -2.37. The van der Waals surface area contributed by atoms with Gasteiger partial charge >= 0.3 is 0 Å². The second-order valence-electron chi connectivity index (χ2n) is 4.92. The number of phenolic OH excluding ortho intramolecular Hbond substituents is 1. The molecular weight excluding hydrogens is 230 g/mol. The molecule has 1 aliphatic rings. The molecule has 1 fully saturated rings. The molecule has 4 nitrogen and oxygen atoms in total. The highest BCUT2D eigenvalue weighted by Crippen LogP contribution is 2.27. The summed E-state index contributed by atoms with van der Waals surface area (Å²) in [5, 5.41) is 9.85. The van der Waals surface area contributed by atoms with E-state index in [0.717, 1.165) is 18.8 Å². The average molecular weight is 249 g/mol. The molecule has 1 aliphatic heterocycles. The van der Waals surface area contributed by atoms with Gasteiger partial charge in [0.05, 0.1) is 17.8 Å². The van der Waals surface area contributed by atoms with Crippen LogP contribution < -0.4 is 4.90 Å². The van der Waals surface area contributed by atoms with Gasteiger partial charge < -0.3 is 14.7 Å². The van der Waals surface area contributed by atoms with Gasteiger partial charge in [-0.2, -0.15) is 0 Å². The fourth-order valence-corrected chi connectivity index (χ4v) is 2.40. The van der Waals surface area contributed by atoms with Gasteiger partial charge in [-0.25, -0.2) is 0 Å². The third kappa shape index (κ3) is 2.64. The number of morpholine rings is 1. The first-order valence-corrected chi connectivity index (χ1v) is 6.21. The Kier molecular flexibility index (Phi) is 3.57. The van der Waals surface area contributed by atoms with Gasteiger partial charge in [-0.05, 0) is 32.9 Å². The normalized spacial score (nSPS) is 24.1. The third-order valence-corrected chi connectivity index (χ3v) is 3.15. The lowest BCUT2D eigenvalue weighted by Crippen LogP contribution is -2.45. The topological polar surface area (TPSA) is 49.8 Å². The van der Waals surface area contributed by atoms with Gasteiger partial charge in [-0.15, -0.1) is 0 Å². The molecule has 2 rings (SSSR count). The largest absolute Gasteiger partial charge is 0.507 e. The zero-order valence-corrected chi connectivity index (χ0v) is 11.0. The van der Waals surface area contributed by atoms with Crippen LogP contribution in [-0.4, -0.2) is 36.2 Å². The van der Waals surface area contributed by atoms with Crippen LogP contribution in [0.2, 0.25) is 0 Å². The van der Waals surface area contributed by atoms with Crippen molar-refractivity contribution in [3.05, 3.63) is 23.8 Å². The summed E-state index contributed by atoms with van der Waals surface area (Å²) in [4.78, 5) is 13.4. The maximum Gasteiger partial charge on any atom is 0.163 e. The molecule has 98 valence electrons. The van der Waals surface area contributed by atoms with Crippen molar-refractivity contribution in [2.24, 2.45) is 0 Å². The standard InChI is InChI=1S/C14H19NO3/c1-9-7-15(8-10(2)18-9)12-4-5-13(11(3)16)14(17)6-12/h4-6,9-10,17H,7-8H2,1-3H3/t9-,10+. The summed E-state index contributed by atoms with van der Waals surface area (Å²) in [6.45, 7) is 7.11. The Labute approximate surface area is 107 Å². The van der Waals surface area contributed by atoms with E-state index in [9.17, 15) is 9.90 Å². The molecule has 1 heterocycles. The van der Waals surface area contributed by atoms with Crippen LogP contribution in [0.15, 0.2) is 18.2 Å². The van der Waals surface area contributed by atoms with Crippen LogP contribution in [0.3, 0.4) is 0 Å². The number of hydrogen-bond donors (Lipinski definition) is 1. The van der Waals surface area contributed by atoms with Gasteiger partial charge in [0.15, 0.2) is 5.78 Å². The molecule has 1 aromatic rings. The van der Waals surface area contributed by atoms with Gasteiger partial charge in [0, 0.05) is 24.8 Å². The van der Waals surface area contributed by atoms with Crippen LogP contribution in [-0.2, 0) is 4.74 Å². The summed E-state index contributed by atoms with van der Waals surface area (Å²) in [7, 11) is 0. The molecule has 18 heavy (non-hydrogen) atoms. The number of ketones is 1. The third-order valence-electron chi connectivity index (χ3n) is 3.15. The summed E-state index contributed by atoms with van der Waals surface area (Å²) < 4.78 is 5.67. The number of hydrogen-bond acceptors (Lipinski definition) is 4. The number of rotatable bonds is 2. The number of nitrogens with zero attached hydrogens (tertiary/aromatic N) is 1. The number of ether oxygens (including phenoxy) is 1. The highest BCUT2D eigenvalue weighted by atomic mass is 16.5. The van der Waals surface area contributed by atoms with Gasteiger partial charge in [-0.3, -0.25) is 4.79 Å². The summed E-state index contributed by atoms with van der Waals surface area (Å²) in [6.07, 6.45) is 0.340. The molecule has 0 aromatic heterocycles. The SMILES string of the molecule is CC(=O)c1ccc(N2C[C@@H](C)O[C@@H](C)C2)cc1O. The minimum absolute atomic E-state index is 0.0480. The zero-order valence-electron chi connectivity index (χ0n) is 11.0. The Bertz CT molecular complexity index is 448. The van der Waals surface area contributed by atoms with E-state index in [1.165, 1.54) is 6.92 Å². The molecule has 4 heteroatoms. The predicted octanol–water partition coefficient (Wildman–Crippen LogP) is 2.21. The molecule has 1 saturated heterocycles. The van der Waals surface area contributed by atoms with E-state index < -0.39 is 0 Å². The molecular formula is C14H19NO3. The number of aromatic hydroxyl groups is 1. The Morgan fingerprint density at radius 1 is 1.33 bits per heavy atom. The van der Waals surface area contributed by atoms with Crippen LogP contribution in [0, 0.1) is 0 Å². The van der Waals surface area contributed by atoms with Crippen LogP contribution >= 0.6 is 0 Å². The van der Waals surface area contributed by atoms with Crippen molar-refractivity contribution in [1.82, 2.24) is 0 Å². The van der Waals surface area contributed by atoms with Crippen molar-refractivity contribution in [3.63, 3.8) is 0 Å². The highest BCUT2D eigenvalue weighted by molar-refractivity contribution is 5.97. The van der Waals surface area contributed by atoms with Crippen molar-refractivity contribution < 1.29 is 14.6 Å². The summed E-state index contributed by atoms with van der Waals surface area (Å²) in [6, 6.07) is 5.21. The Morgan fingerprint density at radius 2 is 1.94 bits per heavy atom. The predicted molar refractivity (Wildman–Crippen MR) is 70.3 cm³/mol. The van der Waals surface area contributed by atoms with Crippen LogP contribution in [0.25, 0.3) is 0 Å². The van der Waals surface area contributed by atoms with Crippen LogP contribution in [0.5, 0.6) is 5.75 Å². The summed E-state index contributed by atoms with van der Waals surface area (Å²) in [5.74, 6) is -0.0745.